The Labute approximate surface area is 147 Å². The highest BCUT2D eigenvalue weighted by Crippen LogP contribution is 2.22. The van der Waals surface area contributed by atoms with E-state index >= 15 is 0 Å². The minimum absolute atomic E-state index is 0.241. The summed E-state index contributed by atoms with van der Waals surface area (Å²) in [6, 6.07) is 15.3. The van der Waals surface area contributed by atoms with E-state index in [0.29, 0.717) is 17.0 Å². The van der Waals surface area contributed by atoms with Crippen molar-refractivity contribution in [1.82, 2.24) is 9.97 Å². The lowest BCUT2D eigenvalue weighted by Crippen LogP contribution is -2.28. The highest BCUT2D eigenvalue weighted by atomic mass is 16.1. The number of fused-ring (bicyclic) bond motifs is 1. The molecule has 1 aromatic heterocycles. The maximum atomic E-state index is 12.9. The third kappa shape index (κ3) is 3.45. The van der Waals surface area contributed by atoms with Crippen LogP contribution in [0, 0.1) is 6.92 Å². The van der Waals surface area contributed by atoms with Crippen LogP contribution in [0.3, 0.4) is 0 Å². The second-order valence-corrected chi connectivity index (χ2v) is 5.83. The number of carbonyl (C=O) groups excluding carboxylic acids is 1. The number of rotatable bonds is 5. The largest absolute Gasteiger partial charge is 0.355 e. The molecule has 0 aliphatic carbocycles. The van der Waals surface area contributed by atoms with Crippen molar-refractivity contribution in [1.29, 1.82) is 0 Å². The van der Waals surface area contributed by atoms with Crippen LogP contribution in [0.25, 0.3) is 11.0 Å². The zero-order valence-electron chi connectivity index (χ0n) is 14.8. The number of benzene rings is 2. The SMILES string of the molecule is CCN(CC)c1nc2ccccc2nc1C(=O)Nc1ccccc1C. The number of carbonyl (C=O) groups is 1. The Hall–Kier alpha value is -2.95. The van der Waals surface area contributed by atoms with Gasteiger partial charge < -0.3 is 10.2 Å². The van der Waals surface area contributed by atoms with E-state index in [9.17, 15) is 4.79 Å². The van der Waals surface area contributed by atoms with Gasteiger partial charge in [-0.15, -0.1) is 0 Å². The lowest BCUT2D eigenvalue weighted by atomic mass is 10.2. The molecule has 2 aromatic carbocycles. The molecule has 1 heterocycles. The highest BCUT2D eigenvalue weighted by Gasteiger charge is 2.20. The van der Waals surface area contributed by atoms with E-state index in [-0.39, 0.29) is 5.91 Å². The van der Waals surface area contributed by atoms with Crippen molar-refractivity contribution in [2.24, 2.45) is 0 Å². The van der Waals surface area contributed by atoms with E-state index in [1.165, 1.54) is 0 Å². The Morgan fingerprint density at radius 3 is 2.20 bits per heavy atom. The number of hydrogen-bond donors (Lipinski definition) is 1. The Bertz CT molecular complexity index is 903. The van der Waals surface area contributed by atoms with Crippen LogP contribution in [0.4, 0.5) is 11.5 Å². The van der Waals surface area contributed by atoms with Gasteiger partial charge in [-0.25, -0.2) is 9.97 Å². The van der Waals surface area contributed by atoms with Crippen molar-refractivity contribution in [2.75, 3.05) is 23.3 Å². The van der Waals surface area contributed by atoms with E-state index in [4.69, 9.17) is 4.98 Å². The molecule has 0 radical (unpaired) electrons. The molecule has 1 amide bonds. The summed E-state index contributed by atoms with van der Waals surface area (Å²) in [5.74, 6) is 0.379. The van der Waals surface area contributed by atoms with Crippen LogP contribution in [-0.4, -0.2) is 29.0 Å². The van der Waals surface area contributed by atoms with Gasteiger partial charge in [-0.1, -0.05) is 30.3 Å². The number of para-hydroxylation sites is 3. The Morgan fingerprint density at radius 1 is 0.960 bits per heavy atom. The standard InChI is InChI=1S/C20H22N4O/c1-4-24(5-2)19-18(21-16-12-8-9-13-17(16)22-19)20(25)23-15-11-7-6-10-14(15)3/h6-13H,4-5H2,1-3H3,(H,23,25). The van der Waals surface area contributed by atoms with Gasteiger partial charge in [-0.3, -0.25) is 4.79 Å². The molecule has 25 heavy (non-hydrogen) atoms. The number of aryl methyl sites for hydroxylation is 1. The molecule has 0 unspecified atom stereocenters. The molecule has 0 aliphatic heterocycles. The summed E-state index contributed by atoms with van der Waals surface area (Å²) >= 11 is 0. The summed E-state index contributed by atoms with van der Waals surface area (Å²) in [5.41, 5.74) is 3.65. The Morgan fingerprint density at radius 2 is 1.56 bits per heavy atom. The molecule has 0 saturated carbocycles. The normalized spacial score (nSPS) is 10.7. The quantitative estimate of drug-likeness (QED) is 0.765. The van der Waals surface area contributed by atoms with E-state index in [1.807, 2.05) is 74.2 Å². The van der Waals surface area contributed by atoms with Gasteiger partial charge in [0.05, 0.1) is 11.0 Å². The molecule has 3 rings (SSSR count). The van der Waals surface area contributed by atoms with Crippen LogP contribution >= 0.6 is 0 Å². The molecule has 0 spiro atoms. The van der Waals surface area contributed by atoms with Crippen LogP contribution in [0.1, 0.15) is 29.9 Å². The Kier molecular flexibility index (Phi) is 4.93. The van der Waals surface area contributed by atoms with E-state index < -0.39 is 0 Å². The van der Waals surface area contributed by atoms with Crippen LogP contribution in [0.2, 0.25) is 0 Å². The summed E-state index contributed by atoms with van der Waals surface area (Å²) in [6.45, 7) is 7.57. The molecule has 0 fully saturated rings. The molecule has 128 valence electrons. The molecule has 1 N–H and O–H groups in total. The van der Waals surface area contributed by atoms with Gasteiger partial charge in [-0.2, -0.15) is 0 Å². The van der Waals surface area contributed by atoms with Crippen molar-refractivity contribution < 1.29 is 4.79 Å². The average Bonchev–Trinajstić information content (AvgIpc) is 2.64. The maximum Gasteiger partial charge on any atom is 0.278 e. The third-order valence-electron chi connectivity index (χ3n) is 4.22. The van der Waals surface area contributed by atoms with Gasteiger partial charge in [0.2, 0.25) is 0 Å². The van der Waals surface area contributed by atoms with Gasteiger partial charge in [0.25, 0.3) is 5.91 Å². The van der Waals surface area contributed by atoms with Crippen molar-refractivity contribution in [3.63, 3.8) is 0 Å². The molecular formula is C20H22N4O. The van der Waals surface area contributed by atoms with Crippen LogP contribution < -0.4 is 10.2 Å². The van der Waals surface area contributed by atoms with Crippen molar-refractivity contribution in [3.05, 3.63) is 59.8 Å². The number of hydrogen-bond acceptors (Lipinski definition) is 4. The number of amides is 1. The fourth-order valence-electron chi connectivity index (χ4n) is 2.78. The monoisotopic (exact) mass is 334 g/mol. The van der Waals surface area contributed by atoms with Crippen LogP contribution in [-0.2, 0) is 0 Å². The summed E-state index contributed by atoms with van der Waals surface area (Å²) < 4.78 is 0. The first-order valence-corrected chi connectivity index (χ1v) is 8.52. The van der Waals surface area contributed by atoms with Gasteiger partial charge in [0, 0.05) is 18.8 Å². The first-order chi connectivity index (χ1) is 12.1. The summed E-state index contributed by atoms with van der Waals surface area (Å²) in [6.07, 6.45) is 0. The number of anilines is 2. The third-order valence-corrected chi connectivity index (χ3v) is 4.22. The topological polar surface area (TPSA) is 58.1 Å². The predicted molar refractivity (Wildman–Crippen MR) is 102 cm³/mol. The predicted octanol–water partition coefficient (Wildman–Crippen LogP) is 4.04. The molecule has 5 nitrogen and oxygen atoms in total. The summed E-state index contributed by atoms with van der Waals surface area (Å²) in [7, 11) is 0. The van der Waals surface area contributed by atoms with Crippen molar-refractivity contribution >= 4 is 28.4 Å². The van der Waals surface area contributed by atoms with E-state index in [2.05, 4.69) is 10.3 Å². The molecule has 0 atom stereocenters. The van der Waals surface area contributed by atoms with Crippen LogP contribution in [0.15, 0.2) is 48.5 Å². The summed E-state index contributed by atoms with van der Waals surface area (Å²) in [4.78, 5) is 24.3. The average molecular weight is 334 g/mol. The minimum atomic E-state index is -0.241. The molecule has 0 bridgehead atoms. The fourth-order valence-corrected chi connectivity index (χ4v) is 2.78. The first kappa shape index (κ1) is 16.9. The highest BCUT2D eigenvalue weighted by molar-refractivity contribution is 6.07. The molecule has 0 aliphatic rings. The number of nitrogens with one attached hydrogen (secondary N) is 1. The summed E-state index contributed by atoms with van der Waals surface area (Å²) in [5, 5.41) is 2.97. The van der Waals surface area contributed by atoms with Gasteiger partial charge in [-0.05, 0) is 44.5 Å². The Balaban J connectivity index is 2.07. The van der Waals surface area contributed by atoms with E-state index in [1.54, 1.807) is 0 Å². The zero-order chi connectivity index (χ0) is 17.8. The zero-order valence-corrected chi connectivity index (χ0v) is 14.8. The smallest absolute Gasteiger partial charge is 0.278 e. The number of nitrogens with zero attached hydrogens (tertiary/aromatic N) is 3. The number of aromatic nitrogens is 2. The second kappa shape index (κ2) is 7.30. The molecule has 0 saturated heterocycles. The van der Waals surface area contributed by atoms with Crippen LogP contribution in [0.5, 0.6) is 0 Å². The first-order valence-electron chi connectivity index (χ1n) is 8.52. The lowest BCUT2D eigenvalue weighted by molar-refractivity contribution is 0.102. The van der Waals surface area contributed by atoms with Gasteiger partial charge in [0.1, 0.15) is 0 Å². The fraction of sp³-hybridized carbons (Fsp3) is 0.250. The van der Waals surface area contributed by atoms with Crippen molar-refractivity contribution in [3.8, 4) is 0 Å². The van der Waals surface area contributed by atoms with Crippen molar-refractivity contribution in [2.45, 2.75) is 20.8 Å². The van der Waals surface area contributed by atoms with Gasteiger partial charge >= 0.3 is 0 Å². The lowest BCUT2D eigenvalue weighted by Gasteiger charge is -2.22. The van der Waals surface area contributed by atoms with Gasteiger partial charge in [0.15, 0.2) is 11.5 Å². The molecular weight excluding hydrogens is 312 g/mol. The molecule has 5 heteroatoms. The van der Waals surface area contributed by atoms with E-state index in [0.717, 1.165) is 29.9 Å². The maximum absolute atomic E-state index is 12.9. The second-order valence-electron chi connectivity index (χ2n) is 5.83. The minimum Gasteiger partial charge on any atom is -0.355 e. The molecule has 3 aromatic rings.